The molecule has 2 N–H and O–H groups in total. The van der Waals surface area contributed by atoms with Gasteiger partial charge < -0.3 is 10.1 Å². The molecule has 0 saturated carbocycles. The van der Waals surface area contributed by atoms with Crippen LogP contribution in [0.3, 0.4) is 0 Å². The van der Waals surface area contributed by atoms with Crippen LogP contribution < -0.4 is 10.6 Å². The first-order chi connectivity index (χ1) is 12.5. The van der Waals surface area contributed by atoms with Crippen LogP contribution in [0.15, 0.2) is 24.3 Å². The van der Waals surface area contributed by atoms with E-state index < -0.39 is 17.2 Å². The van der Waals surface area contributed by atoms with E-state index in [1.54, 1.807) is 0 Å². The minimum atomic E-state index is -0.928. The maximum atomic E-state index is 12.1. The van der Waals surface area contributed by atoms with Crippen LogP contribution >= 0.6 is 0 Å². The zero-order valence-corrected chi connectivity index (χ0v) is 15.9. The summed E-state index contributed by atoms with van der Waals surface area (Å²) in [6, 6.07) is 8.08. The minimum Gasteiger partial charge on any atom is -0.367 e. The molecule has 2 fully saturated rings. The molecule has 2 atom stereocenters. The third-order valence-electron chi connectivity index (χ3n) is 5.67. The maximum absolute atomic E-state index is 12.1. The number of benzene rings is 1. The van der Waals surface area contributed by atoms with Gasteiger partial charge in [0.25, 0.3) is 5.91 Å². The number of hydrogen-bond donors (Lipinski definition) is 2. The highest BCUT2D eigenvalue weighted by molar-refractivity contribution is 6.07. The molecule has 0 bridgehead atoms. The van der Waals surface area contributed by atoms with Crippen molar-refractivity contribution in [3.63, 3.8) is 0 Å². The van der Waals surface area contributed by atoms with Crippen LogP contribution in [0, 0.1) is 0 Å². The summed E-state index contributed by atoms with van der Waals surface area (Å²) in [7, 11) is 0. The Kier molecular flexibility index (Phi) is 5.66. The van der Waals surface area contributed by atoms with Gasteiger partial charge in [0.2, 0.25) is 0 Å². The minimum absolute atomic E-state index is 0.209. The zero-order chi connectivity index (χ0) is 18.6. The summed E-state index contributed by atoms with van der Waals surface area (Å²) in [6.07, 6.45) is 9.37. The molecule has 2 unspecified atom stereocenters. The molecular formula is C21H30N2O3. The van der Waals surface area contributed by atoms with Gasteiger partial charge in [0.05, 0.1) is 12.2 Å². The standard InChI is InChI=1S/C21H30N2O3/c1-3-4-5-6-7-8-9-16-10-12-17(13-11-16)20(2)14-21(15-26-20)18(24)22-19(25)23-21/h10-13H,3-9,14-15H2,1-2H3,(H2,22,23,24,25). The van der Waals surface area contributed by atoms with Gasteiger partial charge in [-0.15, -0.1) is 0 Å². The van der Waals surface area contributed by atoms with Gasteiger partial charge in [-0.2, -0.15) is 0 Å². The number of hydrogen-bond acceptors (Lipinski definition) is 3. The molecule has 1 aromatic carbocycles. The van der Waals surface area contributed by atoms with Gasteiger partial charge in [-0.3, -0.25) is 10.1 Å². The van der Waals surface area contributed by atoms with E-state index in [9.17, 15) is 9.59 Å². The fourth-order valence-electron chi connectivity index (χ4n) is 4.03. The van der Waals surface area contributed by atoms with Crippen molar-refractivity contribution in [2.45, 2.75) is 76.4 Å². The second-order valence-corrected chi connectivity index (χ2v) is 7.90. The molecule has 2 aliphatic heterocycles. The van der Waals surface area contributed by atoms with Crippen LogP contribution in [0.1, 0.15) is 69.9 Å². The number of carbonyl (C=O) groups is 2. The summed E-state index contributed by atoms with van der Waals surface area (Å²) in [4.78, 5) is 23.6. The Balaban J connectivity index is 1.55. The normalized spacial score (nSPS) is 27.8. The largest absolute Gasteiger partial charge is 0.367 e. The number of rotatable bonds is 8. The van der Waals surface area contributed by atoms with E-state index >= 15 is 0 Å². The summed E-state index contributed by atoms with van der Waals surface area (Å²) in [5.41, 5.74) is 0.902. The fraction of sp³-hybridized carbons (Fsp3) is 0.619. The van der Waals surface area contributed by atoms with Gasteiger partial charge in [-0.05, 0) is 30.9 Å². The number of amides is 3. The second-order valence-electron chi connectivity index (χ2n) is 7.90. The van der Waals surface area contributed by atoms with Crippen LogP contribution in [-0.2, 0) is 21.6 Å². The van der Waals surface area contributed by atoms with Crippen molar-refractivity contribution < 1.29 is 14.3 Å². The number of nitrogens with one attached hydrogen (secondary N) is 2. The van der Waals surface area contributed by atoms with Crippen LogP contribution in [0.5, 0.6) is 0 Å². The topological polar surface area (TPSA) is 67.4 Å². The lowest BCUT2D eigenvalue weighted by molar-refractivity contribution is -0.123. The van der Waals surface area contributed by atoms with Gasteiger partial charge in [0, 0.05) is 6.42 Å². The predicted molar refractivity (Wildman–Crippen MR) is 101 cm³/mol. The van der Waals surface area contributed by atoms with Gasteiger partial charge in [0.15, 0.2) is 0 Å². The highest BCUT2D eigenvalue weighted by Crippen LogP contribution is 2.42. The van der Waals surface area contributed by atoms with Crippen molar-refractivity contribution in [2.75, 3.05) is 6.61 Å². The average Bonchev–Trinajstić information content (AvgIpc) is 3.11. The van der Waals surface area contributed by atoms with E-state index in [1.165, 1.54) is 44.1 Å². The molecule has 5 heteroatoms. The molecule has 0 aromatic heterocycles. The molecule has 3 rings (SSSR count). The Morgan fingerprint density at radius 2 is 1.73 bits per heavy atom. The molecule has 0 radical (unpaired) electrons. The van der Waals surface area contributed by atoms with Gasteiger partial charge >= 0.3 is 6.03 Å². The Bertz CT molecular complexity index is 658. The van der Waals surface area contributed by atoms with Crippen molar-refractivity contribution in [1.29, 1.82) is 0 Å². The highest BCUT2D eigenvalue weighted by atomic mass is 16.5. The molecule has 2 aliphatic rings. The summed E-state index contributed by atoms with van der Waals surface area (Å²) in [5.74, 6) is -0.286. The summed E-state index contributed by atoms with van der Waals surface area (Å²) < 4.78 is 5.98. The number of urea groups is 1. The average molecular weight is 358 g/mol. The first kappa shape index (κ1) is 18.9. The van der Waals surface area contributed by atoms with E-state index in [-0.39, 0.29) is 12.5 Å². The van der Waals surface area contributed by atoms with Crippen molar-refractivity contribution in [2.24, 2.45) is 0 Å². The lowest BCUT2D eigenvalue weighted by Gasteiger charge is -2.25. The third kappa shape index (κ3) is 3.93. The van der Waals surface area contributed by atoms with Gasteiger partial charge in [0.1, 0.15) is 5.54 Å². The SMILES string of the molecule is CCCCCCCCc1ccc(C2(C)CC3(CO2)NC(=O)NC3=O)cc1. The molecule has 2 saturated heterocycles. The molecule has 3 amide bonds. The quantitative estimate of drug-likeness (QED) is 0.549. The second kappa shape index (κ2) is 7.78. The zero-order valence-electron chi connectivity index (χ0n) is 15.9. The first-order valence-electron chi connectivity index (χ1n) is 9.84. The Labute approximate surface area is 155 Å². The highest BCUT2D eigenvalue weighted by Gasteiger charge is 2.56. The number of imide groups is 1. The Morgan fingerprint density at radius 3 is 2.38 bits per heavy atom. The summed E-state index contributed by atoms with van der Waals surface area (Å²) in [5, 5.41) is 5.06. The van der Waals surface area contributed by atoms with Crippen molar-refractivity contribution in [1.82, 2.24) is 10.6 Å². The molecule has 142 valence electrons. The van der Waals surface area contributed by atoms with E-state index in [4.69, 9.17) is 4.74 Å². The first-order valence-corrected chi connectivity index (χ1v) is 9.84. The molecule has 1 aromatic rings. The molecule has 26 heavy (non-hydrogen) atoms. The maximum Gasteiger partial charge on any atom is 0.322 e. The van der Waals surface area contributed by atoms with Crippen molar-refractivity contribution in [3.05, 3.63) is 35.4 Å². The predicted octanol–water partition coefficient (Wildman–Crippen LogP) is 3.80. The van der Waals surface area contributed by atoms with Crippen molar-refractivity contribution in [3.8, 4) is 0 Å². The van der Waals surface area contributed by atoms with Gasteiger partial charge in [-0.1, -0.05) is 63.3 Å². The summed E-state index contributed by atoms with van der Waals surface area (Å²) >= 11 is 0. The molecule has 0 aliphatic carbocycles. The lowest BCUT2D eigenvalue weighted by atomic mass is 9.84. The van der Waals surface area contributed by atoms with Crippen LogP contribution in [0.2, 0.25) is 0 Å². The van der Waals surface area contributed by atoms with E-state index in [1.807, 2.05) is 6.92 Å². The molecule has 1 spiro atoms. The number of unbranched alkanes of at least 4 members (excludes halogenated alkanes) is 5. The molecular weight excluding hydrogens is 328 g/mol. The van der Waals surface area contributed by atoms with Crippen LogP contribution in [-0.4, -0.2) is 24.1 Å². The number of ether oxygens (including phenoxy) is 1. The fourth-order valence-corrected chi connectivity index (χ4v) is 4.03. The van der Waals surface area contributed by atoms with E-state index in [2.05, 4.69) is 41.8 Å². The molecule has 2 heterocycles. The van der Waals surface area contributed by atoms with Crippen molar-refractivity contribution >= 4 is 11.9 Å². The summed E-state index contributed by atoms with van der Waals surface area (Å²) in [6.45, 7) is 4.44. The third-order valence-corrected chi connectivity index (χ3v) is 5.67. The van der Waals surface area contributed by atoms with Crippen LogP contribution in [0.4, 0.5) is 4.79 Å². The Morgan fingerprint density at radius 1 is 1.04 bits per heavy atom. The number of aryl methyl sites for hydroxylation is 1. The van der Waals surface area contributed by atoms with E-state index in [0.717, 1.165) is 12.0 Å². The monoisotopic (exact) mass is 358 g/mol. The number of carbonyl (C=O) groups excluding carboxylic acids is 2. The van der Waals surface area contributed by atoms with Gasteiger partial charge in [-0.25, -0.2) is 4.79 Å². The lowest BCUT2D eigenvalue weighted by Crippen LogP contribution is -2.48. The van der Waals surface area contributed by atoms with E-state index in [0.29, 0.717) is 6.42 Å². The molecule has 5 nitrogen and oxygen atoms in total. The van der Waals surface area contributed by atoms with Crippen LogP contribution in [0.25, 0.3) is 0 Å². The smallest absolute Gasteiger partial charge is 0.322 e. The Hall–Kier alpha value is -1.88.